The highest BCUT2D eigenvalue weighted by molar-refractivity contribution is 8.00. The van der Waals surface area contributed by atoms with Crippen LogP contribution >= 0.6 is 23.1 Å². The Morgan fingerprint density at radius 3 is 2.52 bits per heavy atom. The van der Waals surface area contributed by atoms with Gasteiger partial charge in [-0.1, -0.05) is 65.6 Å². The molecule has 7 heteroatoms. The Morgan fingerprint density at radius 2 is 1.85 bits per heavy atom. The standard InChI is InChI=1S/C20H18N4OS2/c1-20(2,16-6-4-3-5-7-16)17(25)22-18-23-24-19(27-18)26-13-15-10-8-14(12-21)9-11-15/h3-11H,13H2,1-2H3,(H,22,23,25). The molecule has 1 aromatic heterocycles. The predicted molar refractivity (Wildman–Crippen MR) is 109 cm³/mol. The molecule has 0 saturated heterocycles. The molecule has 3 rings (SSSR count). The smallest absolute Gasteiger partial charge is 0.236 e. The molecule has 0 aliphatic carbocycles. The fourth-order valence-electron chi connectivity index (χ4n) is 2.38. The van der Waals surface area contributed by atoms with E-state index < -0.39 is 5.41 Å². The van der Waals surface area contributed by atoms with Crippen molar-refractivity contribution in [3.05, 3.63) is 71.3 Å². The lowest BCUT2D eigenvalue weighted by atomic mass is 9.84. The van der Waals surface area contributed by atoms with E-state index >= 15 is 0 Å². The molecular formula is C20H18N4OS2. The highest BCUT2D eigenvalue weighted by Gasteiger charge is 2.30. The number of benzene rings is 2. The molecule has 27 heavy (non-hydrogen) atoms. The van der Waals surface area contributed by atoms with Crippen molar-refractivity contribution in [2.24, 2.45) is 0 Å². The highest BCUT2D eigenvalue weighted by Crippen LogP contribution is 2.30. The van der Waals surface area contributed by atoms with Crippen LogP contribution in [0.5, 0.6) is 0 Å². The average Bonchev–Trinajstić information content (AvgIpc) is 3.14. The van der Waals surface area contributed by atoms with Crippen LogP contribution in [0, 0.1) is 11.3 Å². The molecule has 5 nitrogen and oxygen atoms in total. The zero-order valence-electron chi connectivity index (χ0n) is 15.0. The van der Waals surface area contributed by atoms with Crippen molar-refractivity contribution in [1.29, 1.82) is 5.26 Å². The Hall–Kier alpha value is -2.69. The van der Waals surface area contributed by atoms with Gasteiger partial charge in [-0.2, -0.15) is 5.26 Å². The van der Waals surface area contributed by atoms with Crippen LogP contribution in [0.4, 0.5) is 5.13 Å². The summed E-state index contributed by atoms with van der Waals surface area (Å²) in [6.07, 6.45) is 0. The first-order valence-electron chi connectivity index (χ1n) is 8.31. The first-order valence-corrected chi connectivity index (χ1v) is 10.1. The van der Waals surface area contributed by atoms with Gasteiger partial charge >= 0.3 is 0 Å². The maximum absolute atomic E-state index is 12.7. The maximum atomic E-state index is 12.7. The van der Waals surface area contributed by atoms with Crippen molar-refractivity contribution in [1.82, 2.24) is 10.2 Å². The summed E-state index contributed by atoms with van der Waals surface area (Å²) in [5.41, 5.74) is 2.03. The van der Waals surface area contributed by atoms with Crippen molar-refractivity contribution in [2.45, 2.75) is 29.4 Å². The van der Waals surface area contributed by atoms with E-state index in [-0.39, 0.29) is 5.91 Å². The molecule has 3 aromatic rings. The van der Waals surface area contributed by atoms with Crippen LogP contribution < -0.4 is 5.32 Å². The van der Waals surface area contributed by atoms with E-state index in [1.807, 2.05) is 56.3 Å². The number of hydrogen-bond donors (Lipinski definition) is 1. The van der Waals surface area contributed by atoms with Crippen LogP contribution in [0.25, 0.3) is 0 Å². The molecule has 0 unspecified atom stereocenters. The Kier molecular flexibility index (Phi) is 5.89. The molecule has 0 aliphatic heterocycles. The molecule has 0 aliphatic rings. The lowest BCUT2D eigenvalue weighted by Gasteiger charge is -2.23. The number of carbonyl (C=O) groups excluding carboxylic acids is 1. The molecule has 0 saturated carbocycles. The second kappa shape index (κ2) is 8.33. The second-order valence-electron chi connectivity index (χ2n) is 6.42. The van der Waals surface area contributed by atoms with Crippen LogP contribution in [0.3, 0.4) is 0 Å². The van der Waals surface area contributed by atoms with E-state index in [4.69, 9.17) is 5.26 Å². The van der Waals surface area contributed by atoms with E-state index in [1.165, 1.54) is 11.3 Å². The molecule has 0 radical (unpaired) electrons. The van der Waals surface area contributed by atoms with Gasteiger partial charge in [0.15, 0.2) is 4.34 Å². The van der Waals surface area contributed by atoms with E-state index in [2.05, 4.69) is 21.6 Å². The van der Waals surface area contributed by atoms with Gasteiger partial charge in [0.05, 0.1) is 17.0 Å². The topological polar surface area (TPSA) is 78.7 Å². The number of nitrogens with zero attached hydrogens (tertiary/aromatic N) is 3. The van der Waals surface area contributed by atoms with Gasteiger partial charge in [0, 0.05) is 5.75 Å². The summed E-state index contributed by atoms with van der Waals surface area (Å²) < 4.78 is 0.784. The average molecular weight is 395 g/mol. The summed E-state index contributed by atoms with van der Waals surface area (Å²) in [5, 5.41) is 20.4. The minimum absolute atomic E-state index is 0.117. The van der Waals surface area contributed by atoms with Gasteiger partial charge in [-0.25, -0.2) is 0 Å². The van der Waals surface area contributed by atoms with Crippen molar-refractivity contribution in [3.63, 3.8) is 0 Å². The fraction of sp³-hybridized carbons (Fsp3) is 0.200. The molecule has 2 aromatic carbocycles. The van der Waals surface area contributed by atoms with E-state index in [0.717, 1.165) is 21.2 Å². The summed E-state index contributed by atoms with van der Waals surface area (Å²) in [4.78, 5) is 12.7. The van der Waals surface area contributed by atoms with E-state index in [0.29, 0.717) is 10.7 Å². The molecule has 136 valence electrons. The highest BCUT2D eigenvalue weighted by atomic mass is 32.2. The first-order chi connectivity index (χ1) is 13.0. The van der Waals surface area contributed by atoms with Crippen molar-refractivity contribution >= 4 is 34.1 Å². The van der Waals surface area contributed by atoms with E-state index in [1.54, 1.807) is 23.9 Å². The van der Waals surface area contributed by atoms with Gasteiger partial charge in [-0.3, -0.25) is 10.1 Å². The number of thioether (sulfide) groups is 1. The molecule has 1 amide bonds. The van der Waals surface area contributed by atoms with Gasteiger partial charge in [-0.15, -0.1) is 10.2 Å². The summed E-state index contributed by atoms with van der Waals surface area (Å²) >= 11 is 2.91. The minimum atomic E-state index is -0.664. The third kappa shape index (κ3) is 4.73. The molecule has 0 spiro atoms. The monoisotopic (exact) mass is 394 g/mol. The van der Waals surface area contributed by atoms with Gasteiger partial charge in [-0.05, 0) is 37.1 Å². The lowest BCUT2D eigenvalue weighted by molar-refractivity contribution is -0.120. The molecule has 0 fully saturated rings. The minimum Gasteiger partial charge on any atom is -0.300 e. The van der Waals surface area contributed by atoms with Crippen LogP contribution in [0.2, 0.25) is 0 Å². The number of hydrogen-bond acceptors (Lipinski definition) is 6. The normalized spacial score (nSPS) is 11.0. The maximum Gasteiger partial charge on any atom is 0.236 e. The van der Waals surface area contributed by atoms with Crippen LogP contribution in [0.1, 0.15) is 30.5 Å². The Labute approximate surface area is 166 Å². The zero-order chi connectivity index (χ0) is 19.3. The number of anilines is 1. The van der Waals surface area contributed by atoms with Crippen LogP contribution in [-0.2, 0) is 16.0 Å². The van der Waals surface area contributed by atoms with Gasteiger partial charge < -0.3 is 0 Å². The molecule has 0 atom stereocenters. The summed E-state index contributed by atoms with van der Waals surface area (Å²) in [6, 6.07) is 19.2. The second-order valence-corrected chi connectivity index (χ2v) is 8.62. The zero-order valence-corrected chi connectivity index (χ0v) is 16.6. The largest absolute Gasteiger partial charge is 0.300 e. The summed E-state index contributed by atoms with van der Waals surface area (Å²) in [5.74, 6) is 0.609. The Bertz CT molecular complexity index is 960. The lowest BCUT2D eigenvalue weighted by Crippen LogP contribution is -2.34. The number of amides is 1. The number of aromatic nitrogens is 2. The van der Waals surface area contributed by atoms with Gasteiger partial charge in [0.25, 0.3) is 0 Å². The van der Waals surface area contributed by atoms with Gasteiger partial charge in [0.1, 0.15) is 0 Å². The molecule has 0 bridgehead atoms. The molecule has 1 heterocycles. The Balaban J connectivity index is 1.60. The van der Waals surface area contributed by atoms with Crippen molar-refractivity contribution in [3.8, 4) is 6.07 Å². The fourth-order valence-corrected chi connectivity index (χ4v) is 4.08. The SMILES string of the molecule is CC(C)(C(=O)Nc1nnc(SCc2ccc(C#N)cc2)s1)c1ccccc1. The molecular weight excluding hydrogens is 376 g/mol. The number of carbonyl (C=O) groups is 1. The number of nitriles is 1. The summed E-state index contributed by atoms with van der Waals surface area (Å²) in [6.45, 7) is 3.78. The predicted octanol–water partition coefficient (Wildman–Crippen LogP) is 4.62. The summed E-state index contributed by atoms with van der Waals surface area (Å²) in [7, 11) is 0. The van der Waals surface area contributed by atoms with E-state index in [9.17, 15) is 4.79 Å². The Morgan fingerprint density at radius 1 is 1.15 bits per heavy atom. The van der Waals surface area contributed by atoms with Crippen LogP contribution in [0.15, 0.2) is 58.9 Å². The number of rotatable bonds is 6. The number of nitrogens with one attached hydrogen (secondary N) is 1. The van der Waals surface area contributed by atoms with Crippen LogP contribution in [-0.4, -0.2) is 16.1 Å². The van der Waals surface area contributed by atoms with Gasteiger partial charge in [0.2, 0.25) is 11.0 Å². The third-order valence-corrected chi connectivity index (χ3v) is 6.18. The quantitative estimate of drug-likeness (QED) is 0.487. The van der Waals surface area contributed by atoms with Crippen molar-refractivity contribution < 1.29 is 4.79 Å². The van der Waals surface area contributed by atoms with Crippen molar-refractivity contribution in [2.75, 3.05) is 5.32 Å². The first kappa shape index (κ1) is 19.1. The third-order valence-electron chi connectivity index (χ3n) is 4.14. The molecule has 1 N–H and O–H groups in total.